The van der Waals surface area contributed by atoms with Crippen molar-refractivity contribution in [2.75, 3.05) is 6.54 Å². The smallest absolute Gasteiger partial charge is 0.225 e. The quantitative estimate of drug-likeness (QED) is 0.724. The lowest BCUT2D eigenvalue weighted by Crippen LogP contribution is -2.38. The molecular weight excluding hydrogens is 174 g/mol. The molecule has 0 aromatic carbocycles. The van der Waals surface area contributed by atoms with Crippen LogP contribution in [0.2, 0.25) is 0 Å². The molecule has 2 heteroatoms. The summed E-state index contributed by atoms with van der Waals surface area (Å²) in [6.45, 7) is 9.04. The Morgan fingerprint density at radius 2 is 2.00 bits per heavy atom. The van der Waals surface area contributed by atoms with Gasteiger partial charge in [-0.25, -0.2) is 0 Å². The summed E-state index contributed by atoms with van der Waals surface area (Å²) in [5.74, 6) is 1.67. The van der Waals surface area contributed by atoms with E-state index in [0.29, 0.717) is 5.92 Å². The van der Waals surface area contributed by atoms with E-state index in [1.807, 2.05) is 20.8 Å². The first-order valence-electron chi connectivity index (χ1n) is 5.69. The number of carbonyl (C=O) groups excluding carboxylic acids is 1. The van der Waals surface area contributed by atoms with Gasteiger partial charge in [-0.3, -0.25) is 4.79 Å². The summed E-state index contributed by atoms with van der Waals surface area (Å²) in [7, 11) is 0. The third kappa shape index (κ3) is 3.00. The molecule has 2 atom stereocenters. The molecular formula is C12H23NO. The zero-order chi connectivity index (χ0) is 10.8. The van der Waals surface area contributed by atoms with E-state index in [1.165, 1.54) is 19.3 Å². The molecule has 14 heavy (non-hydrogen) atoms. The molecule has 0 aromatic rings. The van der Waals surface area contributed by atoms with Crippen molar-refractivity contribution >= 4 is 5.91 Å². The van der Waals surface area contributed by atoms with Crippen LogP contribution < -0.4 is 5.32 Å². The van der Waals surface area contributed by atoms with E-state index >= 15 is 0 Å². The van der Waals surface area contributed by atoms with Gasteiger partial charge in [0, 0.05) is 12.0 Å². The molecule has 1 aliphatic carbocycles. The van der Waals surface area contributed by atoms with Crippen molar-refractivity contribution in [3.8, 4) is 0 Å². The van der Waals surface area contributed by atoms with Crippen LogP contribution in [-0.4, -0.2) is 12.5 Å². The van der Waals surface area contributed by atoms with Crippen LogP contribution in [0.3, 0.4) is 0 Å². The standard InChI is InChI=1S/C12H23NO/c1-9-6-5-7-10(9)8-13-11(14)12(2,3)4/h9-10H,5-8H2,1-4H3,(H,13,14). The average Bonchev–Trinajstić information content (AvgIpc) is 2.45. The maximum Gasteiger partial charge on any atom is 0.225 e. The summed E-state index contributed by atoms with van der Waals surface area (Å²) in [4.78, 5) is 11.6. The second kappa shape index (κ2) is 4.33. The predicted molar refractivity (Wildman–Crippen MR) is 59.0 cm³/mol. The van der Waals surface area contributed by atoms with E-state index in [4.69, 9.17) is 0 Å². The predicted octanol–water partition coefficient (Wildman–Crippen LogP) is 2.58. The highest BCUT2D eigenvalue weighted by molar-refractivity contribution is 5.81. The second-order valence-corrected chi connectivity index (χ2v) is 5.63. The normalized spacial score (nSPS) is 27.7. The largest absolute Gasteiger partial charge is 0.355 e. The van der Waals surface area contributed by atoms with Crippen LogP contribution in [0.15, 0.2) is 0 Å². The van der Waals surface area contributed by atoms with E-state index < -0.39 is 0 Å². The second-order valence-electron chi connectivity index (χ2n) is 5.63. The Kier molecular flexibility index (Phi) is 3.57. The first kappa shape index (κ1) is 11.5. The topological polar surface area (TPSA) is 29.1 Å². The molecule has 1 amide bonds. The van der Waals surface area contributed by atoms with Crippen molar-refractivity contribution in [1.29, 1.82) is 0 Å². The molecule has 0 heterocycles. The summed E-state index contributed by atoms with van der Waals surface area (Å²) >= 11 is 0. The van der Waals surface area contributed by atoms with Gasteiger partial charge in [-0.1, -0.05) is 40.5 Å². The van der Waals surface area contributed by atoms with E-state index in [2.05, 4.69) is 12.2 Å². The Morgan fingerprint density at radius 1 is 1.36 bits per heavy atom. The average molecular weight is 197 g/mol. The van der Waals surface area contributed by atoms with Crippen LogP contribution in [0, 0.1) is 17.3 Å². The monoisotopic (exact) mass is 197 g/mol. The third-order valence-electron chi connectivity index (χ3n) is 3.25. The van der Waals surface area contributed by atoms with Gasteiger partial charge in [0.25, 0.3) is 0 Å². The van der Waals surface area contributed by atoms with Crippen molar-refractivity contribution < 1.29 is 4.79 Å². The zero-order valence-corrected chi connectivity index (χ0v) is 9.89. The van der Waals surface area contributed by atoms with Crippen LogP contribution in [0.5, 0.6) is 0 Å². The molecule has 1 fully saturated rings. The molecule has 0 radical (unpaired) electrons. The third-order valence-corrected chi connectivity index (χ3v) is 3.25. The van der Waals surface area contributed by atoms with Crippen molar-refractivity contribution in [2.24, 2.45) is 17.3 Å². The lowest BCUT2D eigenvalue weighted by Gasteiger charge is -2.21. The van der Waals surface area contributed by atoms with Gasteiger partial charge in [-0.15, -0.1) is 0 Å². The van der Waals surface area contributed by atoms with Gasteiger partial charge in [0.2, 0.25) is 5.91 Å². The van der Waals surface area contributed by atoms with E-state index in [-0.39, 0.29) is 11.3 Å². The number of carbonyl (C=O) groups is 1. The molecule has 0 bridgehead atoms. The first-order chi connectivity index (χ1) is 6.41. The Morgan fingerprint density at radius 3 is 2.43 bits per heavy atom. The zero-order valence-electron chi connectivity index (χ0n) is 9.89. The summed E-state index contributed by atoms with van der Waals surface area (Å²) in [5, 5.41) is 3.06. The fourth-order valence-electron chi connectivity index (χ4n) is 2.01. The molecule has 1 N–H and O–H groups in total. The van der Waals surface area contributed by atoms with Gasteiger partial charge in [0.05, 0.1) is 0 Å². The van der Waals surface area contributed by atoms with Crippen molar-refractivity contribution in [3.63, 3.8) is 0 Å². The molecule has 2 nitrogen and oxygen atoms in total. The minimum atomic E-state index is -0.248. The van der Waals surface area contributed by atoms with Crippen LogP contribution in [-0.2, 0) is 4.79 Å². The molecule has 0 spiro atoms. The Bertz CT molecular complexity index is 205. The molecule has 82 valence electrons. The Balaban J connectivity index is 2.30. The Labute approximate surface area is 87.5 Å². The lowest BCUT2D eigenvalue weighted by atomic mass is 9.94. The summed E-state index contributed by atoms with van der Waals surface area (Å²) in [6.07, 6.45) is 3.94. The number of hydrogen-bond acceptors (Lipinski definition) is 1. The van der Waals surface area contributed by atoms with Gasteiger partial charge in [0.1, 0.15) is 0 Å². The van der Waals surface area contributed by atoms with E-state index in [1.54, 1.807) is 0 Å². The number of rotatable bonds is 2. The van der Waals surface area contributed by atoms with Crippen molar-refractivity contribution in [1.82, 2.24) is 5.32 Å². The fourth-order valence-corrected chi connectivity index (χ4v) is 2.01. The maximum atomic E-state index is 11.6. The van der Waals surface area contributed by atoms with E-state index in [0.717, 1.165) is 12.5 Å². The van der Waals surface area contributed by atoms with Crippen molar-refractivity contribution in [2.45, 2.75) is 47.0 Å². The van der Waals surface area contributed by atoms with Crippen LogP contribution in [0.4, 0.5) is 0 Å². The summed E-state index contributed by atoms with van der Waals surface area (Å²) in [6, 6.07) is 0. The first-order valence-corrected chi connectivity index (χ1v) is 5.69. The Hall–Kier alpha value is -0.530. The summed E-state index contributed by atoms with van der Waals surface area (Å²) < 4.78 is 0. The van der Waals surface area contributed by atoms with Gasteiger partial charge in [-0.2, -0.15) is 0 Å². The SMILES string of the molecule is CC1CCCC1CNC(=O)C(C)(C)C. The number of nitrogens with one attached hydrogen (secondary N) is 1. The summed E-state index contributed by atoms with van der Waals surface area (Å²) in [5.41, 5.74) is -0.248. The van der Waals surface area contributed by atoms with E-state index in [9.17, 15) is 4.79 Å². The van der Waals surface area contributed by atoms with Gasteiger partial charge in [0.15, 0.2) is 0 Å². The van der Waals surface area contributed by atoms with Gasteiger partial charge < -0.3 is 5.32 Å². The van der Waals surface area contributed by atoms with Crippen LogP contribution >= 0.6 is 0 Å². The minimum absolute atomic E-state index is 0.177. The fraction of sp³-hybridized carbons (Fsp3) is 0.917. The number of hydrogen-bond donors (Lipinski definition) is 1. The highest BCUT2D eigenvalue weighted by Gasteiger charge is 2.26. The highest BCUT2D eigenvalue weighted by Crippen LogP contribution is 2.30. The van der Waals surface area contributed by atoms with Crippen LogP contribution in [0.1, 0.15) is 47.0 Å². The molecule has 1 rings (SSSR count). The molecule has 1 saturated carbocycles. The minimum Gasteiger partial charge on any atom is -0.355 e. The highest BCUT2D eigenvalue weighted by atomic mass is 16.2. The molecule has 1 aliphatic rings. The lowest BCUT2D eigenvalue weighted by molar-refractivity contribution is -0.128. The molecule has 0 aromatic heterocycles. The van der Waals surface area contributed by atoms with Crippen molar-refractivity contribution in [3.05, 3.63) is 0 Å². The number of amides is 1. The van der Waals surface area contributed by atoms with Gasteiger partial charge in [-0.05, 0) is 18.3 Å². The van der Waals surface area contributed by atoms with Gasteiger partial charge >= 0.3 is 0 Å². The molecule has 0 saturated heterocycles. The molecule has 2 unspecified atom stereocenters. The van der Waals surface area contributed by atoms with Crippen LogP contribution in [0.25, 0.3) is 0 Å². The maximum absolute atomic E-state index is 11.6. The molecule has 0 aliphatic heterocycles.